The van der Waals surface area contributed by atoms with Crippen LogP contribution in [0.4, 0.5) is 5.95 Å². The number of hydrogen-bond donors (Lipinski definition) is 1. The quantitative estimate of drug-likeness (QED) is 0.859. The van der Waals surface area contributed by atoms with Crippen molar-refractivity contribution in [3.63, 3.8) is 0 Å². The van der Waals surface area contributed by atoms with Gasteiger partial charge in [-0.05, 0) is 19.1 Å². The van der Waals surface area contributed by atoms with Crippen LogP contribution in [-0.2, 0) is 6.42 Å². The van der Waals surface area contributed by atoms with Gasteiger partial charge in [-0.25, -0.2) is 4.98 Å². The lowest BCUT2D eigenvalue weighted by atomic mass is 10.3. The van der Waals surface area contributed by atoms with E-state index >= 15 is 0 Å². The second kappa shape index (κ2) is 5.25. The molecule has 5 nitrogen and oxygen atoms in total. The van der Waals surface area contributed by atoms with Crippen LogP contribution in [0.3, 0.4) is 0 Å². The summed E-state index contributed by atoms with van der Waals surface area (Å²) >= 11 is 0. The number of nitrogen functional groups attached to an aromatic ring is 1. The first-order valence-corrected chi connectivity index (χ1v) is 5.37. The van der Waals surface area contributed by atoms with Crippen LogP contribution < -0.4 is 10.5 Å². The van der Waals surface area contributed by atoms with E-state index in [-0.39, 0.29) is 5.95 Å². The van der Waals surface area contributed by atoms with Crippen molar-refractivity contribution in [2.24, 2.45) is 0 Å². The zero-order valence-corrected chi connectivity index (χ0v) is 9.63. The Morgan fingerprint density at radius 1 is 1.29 bits per heavy atom. The maximum Gasteiger partial charge on any atom is 0.223 e. The van der Waals surface area contributed by atoms with Crippen LogP contribution in [0.2, 0.25) is 0 Å². The maximum absolute atomic E-state index is 5.55. The third-order valence-corrected chi connectivity index (χ3v) is 2.27. The van der Waals surface area contributed by atoms with Crippen molar-refractivity contribution in [1.82, 2.24) is 15.0 Å². The zero-order valence-electron chi connectivity index (χ0n) is 9.63. The molecule has 0 radical (unpaired) electrons. The highest BCUT2D eigenvalue weighted by atomic mass is 16.5. The summed E-state index contributed by atoms with van der Waals surface area (Å²) in [6.45, 7) is 2.41. The first-order valence-electron chi connectivity index (χ1n) is 5.37. The molecule has 2 N–H and O–H groups in total. The minimum absolute atomic E-state index is 0.225. The molecule has 0 fully saturated rings. The number of pyridine rings is 1. The highest BCUT2D eigenvalue weighted by Gasteiger charge is 2.03. The summed E-state index contributed by atoms with van der Waals surface area (Å²) in [5, 5.41) is 0. The predicted octanol–water partition coefficient (Wildman–Crippen LogP) is 1.38. The molecule has 0 saturated heterocycles. The SMILES string of the molecule is Cc1cnc(N)nc1OCCc1ccccn1. The maximum atomic E-state index is 5.55. The Morgan fingerprint density at radius 3 is 2.94 bits per heavy atom. The van der Waals surface area contributed by atoms with Crippen LogP contribution in [0, 0.1) is 6.92 Å². The average Bonchev–Trinajstić information content (AvgIpc) is 2.35. The molecule has 0 aromatic carbocycles. The van der Waals surface area contributed by atoms with Crippen LogP contribution in [0.15, 0.2) is 30.6 Å². The first kappa shape index (κ1) is 11.3. The van der Waals surface area contributed by atoms with Gasteiger partial charge >= 0.3 is 0 Å². The van der Waals surface area contributed by atoms with Crippen LogP contribution in [0.25, 0.3) is 0 Å². The third kappa shape index (κ3) is 3.14. The van der Waals surface area contributed by atoms with Gasteiger partial charge in [0.15, 0.2) is 0 Å². The normalized spacial score (nSPS) is 10.2. The molecule has 0 atom stereocenters. The average molecular weight is 230 g/mol. The number of hydrogen-bond acceptors (Lipinski definition) is 5. The van der Waals surface area contributed by atoms with E-state index in [0.29, 0.717) is 12.5 Å². The summed E-state index contributed by atoms with van der Waals surface area (Å²) in [7, 11) is 0. The fourth-order valence-corrected chi connectivity index (χ4v) is 1.38. The lowest BCUT2D eigenvalue weighted by Crippen LogP contribution is -2.06. The van der Waals surface area contributed by atoms with E-state index in [9.17, 15) is 0 Å². The minimum atomic E-state index is 0.225. The van der Waals surface area contributed by atoms with Crippen molar-refractivity contribution >= 4 is 5.95 Å². The number of anilines is 1. The molecule has 2 aromatic heterocycles. The molecular weight excluding hydrogens is 216 g/mol. The lowest BCUT2D eigenvalue weighted by molar-refractivity contribution is 0.306. The molecule has 0 aliphatic carbocycles. The molecule has 2 heterocycles. The van der Waals surface area contributed by atoms with E-state index in [0.717, 1.165) is 17.7 Å². The molecule has 17 heavy (non-hydrogen) atoms. The standard InChI is InChI=1S/C12H14N4O/c1-9-8-15-12(13)16-11(9)17-7-5-10-4-2-3-6-14-10/h2-4,6,8H,5,7H2,1H3,(H2,13,15,16). The molecule has 0 bridgehead atoms. The van der Waals surface area contributed by atoms with E-state index in [1.165, 1.54) is 0 Å². The molecule has 88 valence electrons. The van der Waals surface area contributed by atoms with Crippen molar-refractivity contribution in [3.05, 3.63) is 41.9 Å². The minimum Gasteiger partial charge on any atom is -0.477 e. The van der Waals surface area contributed by atoms with E-state index in [1.807, 2.05) is 25.1 Å². The highest BCUT2D eigenvalue weighted by molar-refractivity contribution is 5.28. The molecule has 0 unspecified atom stereocenters. The van der Waals surface area contributed by atoms with Crippen LogP contribution >= 0.6 is 0 Å². The van der Waals surface area contributed by atoms with Gasteiger partial charge in [0.2, 0.25) is 11.8 Å². The van der Waals surface area contributed by atoms with Gasteiger partial charge in [0, 0.05) is 30.1 Å². The molecule has 0 saturated carbocycles. The first-order chi connectivity index (χ1) is 8.25. The largest absolute Gasteiger partial charge is 0.477 e. The van der Waals surface area contributed by atoms with Crippen molar-refractivity contribution < 1.29 is 4.74 Å². The van der Waals surface area contributed by atoms with E-state index in [4.69, 9.17) is 10.5 Å². The van der Waals surface area contributed by atoms with Crippen molar-refractivity contribution in [2.75, 3.05) is 12.3 Å². The summed E-state index contributed by atoms with van der Waals surface area (Å²) in [5.74, 6) is 0.761. The molecule has 0 aliphatic heterocycles. The van der Waals surface area contributed by atoms with Gasteiger partial charge in [-0.15, -0.1) is 0 Å². The highest BCUT2D eigenvalue weighted by Crippen LogP contribution is 2.13. The summed E-state index contributed by atoms with van der Waals surface area (Å²) < 4.78 is 5.55. The fraction of sp³-hybridized carbons (Fsp3) is 0.250. The second-order valence-electron chi connectivity index (χ2n) is 3.64. The van der Waals surface area contributed by atoms with Crippen LogP contribution in [-0.4, -0.2) is 21.6 Å². The smallest absolute Gasteiger partial charge is 0.223 e. The van der Waals surface area contributed by atoms with Crippen molar-refractivity contribution in [1.29, 1.82) is 0 Å². The van der Waals surface area contributed by atoms with E-state index in [2.05, 4.69) is 15.0 Å². The number of ether oxygens (including phenoxy) is 1. The summed E-state index contributed by atoms with van der Waals surface area (Å²) in [5.41, 5.74) is 7.36. The van der Waals surface area contributed by atoms with Gasteiger partial charge in [0.1, 0.15) is 0 Å². The molecule has 0 spiro atoms. The van der Waals surface area contributed by atoms with Crippen molar-refractivity contribution in [3.8, 4) is 5.88 Å². The van der Waals surface area contributed by atoms with Gasteiger partial charge in [0.25, 0.3) is 0 Å². The number of rotatable bonds is 4. The zero-order chi connectivity index (χ0) is 12.1. The second-order valence-corrected chi connectivity index (χ2v) is 3.64. The molecule has 2 rings (SSSR count). The number of nitrogens with two attached hydrogens (primary N) is 1. The lowest BCUT2D eigenvalue weighted by Gasteiger charge is -2.07. The number of aromatic nitrogens is 3. The van der Waals surface area contributed by atoms with Gasteiger partial charge < -0.3 is 10.5 Å². The Bertz CT molecular complexity index is 487. The Hall–Kier alpha value is -2.17. The van der Waals surface area contributed by atoms with Gasteiger partial charge in [-0.3, -0.25) is 4.98 Å². The Kier molecular flexibility index (Phi) is 3.49. The Labute approximate surface area is 99.7 Å². The topological polar surface area (TPSA) is 73.9 Å². The fourth-order valence-electron chi connectivity index (χ4n) is 1.38. The summed E-state index contributed by atoms with van der Waals surface area (Å²) in [6.07, 6.45) is 4.16. The molecule has 2 aromatic rings. The Balaban J connectivity index is 1.92. The third-order valence-electron chi connectivity index (χ3n) is 2.27. The van der Waals surface area contributed by atoms with E-state index < -0.39 is 0 Å². The molecular formula is C12H14N4O. The summed E-state index contributed by atoms with van der Waals surface area (Å²) in [6, 6.07) is 5.81. The monoisotopic (exact) mass is 230 g/mol. The molecule has 0 amide bonds. The van der Waals surface area contributed by atoms with Crippen LogP contribution in [0.5, 0.6) is 5.88 Å². The predicted molar refractivity (Wildman–Crippen MR) is 64.6 cm³/mol. The van der Waals surface area contributed by atoms with Crippen LogP contribution in [0.1, 0.15) is 11.3 Å². The van der Waals surface area contributed by atoms with Gasteiger partial charge in [-0.1, -0.05) is 6.07 Å². The number of nitrogens with zero attached hydrogens (tertiary/aromatic N) is 3. The van der Waals surface area contributed by atoms with Gasteiger partial charge in [0.05, 0.1) is 6.61 Å². The Morgan fingerprint density at radius 2 is 2.18 bits per heavy atom. The van der Waals surface area contributed by atoms with Gasteiger partial charge in [-0.2, -0.15) is 4.98 Å². The molecule has 5 heteroatoms. The molecule has 0 aliphatic rings. The van der Waals surface area contributed by atoms with E-state index in [1.54, 1.807) is 12.4 Å². The number of aryl methyl sites for hydroxylation is 1. The summed E-state index contributed by atoms with van der Waals surface area (Å²) in [4.78, 5) is 12.1. The van der Waals surface area contributed by atoms with Crippen molar-refractivity contribution in [2.45, 2.75) is 13.3 Å².